The summed E-state index contributed by atoms with van der Waals surface area (Å²) in [6, 6.07) is 12.5. The second kappa shape index (κ2) is 7.51. The molecule has 0 unspecified atom stereocenters. The summed E-state index contributed by atoms with van der Waals surface area (Å²) >= 11 is 0. The molecule has 4 rings (SSSR count). The molecule has 1 aromatic heterocycles. The maximum atomic E-state index is 13.0. The highest BCUT2D eigenvalue weighted by molar-refractivity contribution is 6.03. The Hall–Kier alpha value is -3.68. The number of benzene rings is 2. The topological polar surface area (TPSA) is 85.4 Å². The van der Waals surface area contributed by atoms with E-state index in [0.29, 0.717) is 41.8 Å². The summed E-state index contributed by atoms with van der Waals surface area (Å²) in [5.74, 6) is 0.810. The Morgan fingerprint density at radius 1 is 0.964 bits per heavy atom. The summed E-state index contributed by atoms with van der Waals surface area (Å²) in [5.41, 5.74) is 2.00. The van der Waals surface area contributed by atoms with Gasteiger partial charge in [0.05, 0.1) is 0 Å². The molecule has 28 heavy (non-hydrogen) atoms. The van der Waals surface area contributed by atoms with Crippen molar-refractivity contribution in [3.63, 3.8) is 0 Å². The van der Waals surface area contributed by atoms with Gasteiger partial charge in [-0.15, -0.1) is 0 Å². The zero-order chi connectivity index (χ0) is 19.5. The Morgan fingerprint density at radius 2 is 1.68 bits per heavy atom. The number of halogens is 1. The van der Waals surface area contributed by atoms with E-state index in [2.05, 4.69) is 20.6 Å². The predicted molar refractivity (Wildman–Crippen MR) is 102 cm³/mol. The number of amides is 1. The Morgan fingerprint density at radius 3 is 2.46 bits per heavy atom. The molecule has 0 radical (unpaired) electrons. The summed E-state index contributed by atoms with van der Waals surface area (Å²) in [5, 5.41) is 5.76. The van der Waals surface area contributed by atoms with Crippen LogP contribution in [-0.4, -0.2) is 29.1 Å². The van der Waals surface area contributed by atoms with Crippen molar-refractivity contribution in [2.24, 2.45) is 0 Å². The van der Waals surface area contributed by atoms with E-state index in [0.717, 1.165) is 0 Å². The Kier molecular flexibility index (Phi) is 4.76. The number of nitrogens with zero attached hydrogens (tertiary/aromatic N) is 2. The van der Waals surface area contributed by atoms with Gasteiger partial charge in [0.1, 0.15) is 24.7 Å². The molecule has 0 fully saturated rings. The van der Waals surface area contributed by atoms with Gasteiger partial charge in [-0.25, -0.2) is 14.4 Å². The average molecular weight is 380 g/mol. The number of hydrogen-bond donors (Lipinski definition) is 2. The lowest BCUT2D eigenvalue weighted by molar-refractivity contribution is 0.102. The number of aryl methyl sites for hydroxylation is 1. The lowest BCUT2D eigenvalue weighted by atomic mass is 10.2. The molecule has 142 valence electrons. The molecule has 1 aliphatic rings. The Labute approximate surface area is 160 Å². The average Bonchev–Trinajstić information content (AvgIpc) is 2.69. The van der Waals surface area contributed by atoms with Crippen molar-refractivity contribution < 1.29 is 18.7 Å². The molecular weight excluding hydrogens is 363 g/mol. The minimum Gasteiger partial charge on any atom is -0.486 e. The highest BCUT2D eigenvalue weighted by atomic mass is 19.1. The molecular formula is C20H17FN4O3. The number of aromatic nitrogens is 2. The van der Waals surface area contributed by atoms with Gasteiger partial charge in [-0.3, -0.25) is 4.79 Å². The van der Waals surface area contributed by atoms with Crippen LogP contribution in [0.2, 0.25) is 0 Å². The second-order valence-corrected chi connectivity index (χ2v) is 6.16. The number of carbonyl (C=O) groups is 1. The van der Waals surface area contributed by atoms with Gasteiger partial charge in [-0.05, 0) is 49.4 Å². The number of rotatable bonds is 4. The van der Waals surface area contributed by atoms with Crippen molar-refractivity contribution in [1.29, 1.82) is 0 Å². The molecule has 2 N–H and O–H groups in total. The molecule has 2 heterocycles. The molecule has 1 amide bonds. The van der Waals surface area contributed by atoms with Crippen molar-refractivity contribution in [2.75, 3.05) is 23.8 Å². The first-order valence-electron chi connectivity index (χ1n) is 8.66. The quantitative estimate of drug-likeness (QED) is 0.718. The van der Waals surface area contributed by atoms with Crippen LogP contribution in [0.25, 0.3) is 0 Å². The van der Waals surface area contributed by atoms with E-state index >= 15 is 0 Å². The second-order valence-electron chi connectivity index (χ2n) is 6.16. The van der Waals surface area contributed by atoms with Gasteiger partial charge in [0, 0.05) is 23.1 Å². The van der Waals surface area contributed by atoms with Crippen molar-refractivity contribution in [3.05, 3.63) is 65.7 Å². The van der Waals surface area contributed by atoms with Crippen LogP contribution < -0.4 is 20.1 Å². The van der Waals surface area contributed by atoms with Crippen molar-refractivity contribution in [3.8, 4) is 11.5 Å². The molecule has 3 aromatic rings. The van der Waals surface area contributed by atoms with Crippen LogP contribution >= 0.6 is 0 Å². The predicted octanol–water partition coefficient (Wildman–Crippen LogP) is 3.69. The first-order valence-corrected chi connectivity index (χ1v) is 8.66. The summed E-state index contributed by atoms with van der Waals surface area (Å²) in [4.78, 5) is 21.1. The third-order valence-corrected chi connectivity index (χ3v) is 3.99. The molecule has 0 spiro atoms. The minimum atomic E-state index is -0.415. The number of nitrogens with one attached hydrogen (secondary N) is 2. The van der Waals surface area contributed by atoms with Gasteiger partial charge in [0.2, 0.25) is 5.95 Å². The van der Waals surface area contributed by atoms with Crippen LogP contribution in [0.15, 0.2) is 48.5 Å². The highest BCUT2D eigenvalue weighted by Crippen LogP contribution is 2.33. The third kappa shape index (κ3) is 4.01. The summed E-state index contributed by atoms with van der Waals surface area (Å²) in [7, 11) is 0. The van der Waals surface area contributed by atoms with Gasteiger partial charge in [0.25, 0.3) is 5.91 Å². The van der Waals surface area contributed by atoms with Gasteiger partial charge in [-0.1, -0.05) is 0 Å². The van der Waals surface area contributed by atoms with E-state index in [1.807, 2.05) is 6.07 Å². The minimum absolute atomic E-state index is 0.192. The summed E-state index contributed by atoms with van der Waals surface area (Å²) in [6.07, 6.45) is 0. The standard InChI is InChI=1S/C20H17FN4O3/c1-12-10-16(19(26)23-14-4-2-13(21)3-5-14)25-20(22-12)24-15-6-7-17-18(11-15)28-9-8-27-17/h2-7,10-11H,8-9H2,1H3,(H,23,26)(H,22,24,25). The maximum absolute atomic E-state index is 13.0. The van der Waals surface area contributed by atoms with E-state index < -0.39 is 5.91 Å². The summed E-state index contributed by atoms with van der Waals surface area (Å²) < 4.78 is 24.1. The van der Waals surface area contributed by atoms with E-state index in [9.17, 15) is 9.18 Å². The van der Waals surface area contributed by atoms with Crippen molar-refractivity contribution >= 4 is 23.2 Å². The van der Waals surface area contributed by atoms with E-state index in [1.165, 1.54) is 24.3 Å². The maximum Gasteiger partial charge on any atom is 0.274 e. The molecule has 0 bridgehead atoms. The zero-order valence-electron chi connectivity index (χ0n) is 15.0. The lowest BCUT2D eigenvalue weighted by Crippen LogP contribution is -2.16. The van der Waals surface area contributed by atoms with Crippen LogP contribution in [0.4, 0.5) is 21.7 Å². The van der Waals surface area contributed by atoms with E-state index in [-0.39, 0.29) is 17.5 Å². The van der Waals surface area contributed by atoms with Crippen molar-refractivity contribution in [1.82, 2.24) is 9.97 Å². The molecule has 0 atom stereocenters. The summed E-state index contributed by atoms with van der Waals surface area (Å²) in [6.45, 7) is 2.78. The first kappa shape index (κ1) is 17.7. The fraction of sp³-hybridized carbons (Fsp3) is 0.150. The normalized spacial score (nSPS) is 12.4. The highest BCUT2D eigenvalue weighted by Gasteiger charge is 2.14. The van der Waals surface area contributed by atoms with E-state index in [1.54, 1.807) is 25.1 Å². The van der Waals surface area contributed by atoms with Crippen LogP contribution in [0.1, 0.15) is 16.2 Å². The van der Waals surface area contributed by atoms with Gasteiger partial charge >= 0.3 is 0 Å². The number of carbonyl (C=O) groups excluding carboxylic acids is 1. The van der Waals surface area contributed by atoms with Crippen LogP contribution in [0, 0.1) is 12.7 Å². The third-order valence-electron chi connectivity index (χ3n) is 3.99. The van der Waals surface area contributed by atoms with Crippen LogP contribution in [0.5, 0.6) is 11.5 Å². The largest absolute Gasteiger partial charge is 0.486 e. The fourth-order valence-corrected chi connectivity index (χ4v) is 2.72. The SMILES string of the molecule is Cc1cc(C(=O)Nc2ccc(F)cc2)nc(Nc2ccc3c(c2)OCCO3)n1. The lowest BCUT2D eigenvalue weighted by Gasteiger charge is -2.19. The number of ether oxygens (including phenoxy) is 2. The molecule has 0 saturated carbocycles. The van der Waals surface area contributed by atoms with Gasteiger partial charge in [0.15, 0.2) is 11.5 Å². The molecule has 1 aliphatic heterocycles. The van der Waals surface area contributed by atoms with Crippen LogP contribution in [-0.2, 0) is 0 Å². The van der Waals surface area contributed by atoms with E-state index in [4.69, 9.17) is 9.47 Å². The zero-order valence-corrected chi connectivity index (χ0v) is 15.0. The fourth-order valence-electron chi connectivity index (χ4n) is 2.72. The van der Waals surface area contributed by atoms with Crippen molar-refractivity contribution in [2.45, 2.75) is 6.92 Å². The molecule has 2 aromatic carbocycles. The Balaban J connectivity index is 1.53. The van der Waals surface area contributed by atoms with Crippen LogP contribution in [0.3, 0.4) is 0 Å². The number of anilines is 3. The van der Waals surface area contributed by atoms with Gasteiger partial charge in [-0.2, -0.15) is 0 Å². The Bertz CT molecular complexity index is 1020. The first-order chi connectivity index (χ1) is 13.6. The van der Waals surface area contributed by atoms with Gasteiger partial charge < -0.3 is 20.1 Å². The molecule has 7 nitrogen and oxygen atoms in total. The molecule has 0 aliphatic carbocycles. The molecule has 8 heteroatoms. The number of hydrogen-bond acceptors (Lipinski definition) is 6. The smallest absolute Gasteiger partial charge is 0.274 e. The molecule has 0 saturated heterocycles. The monoisotopic (exact) mass is 380 g/mol. The number of fused-ring (bicyclic) bond motifs is 1.